The van der Waals surface area contributed by atoms with Gasteiger partial charge in [-0.3, -0.25) is 0 Å². The van der Waals surface area contributed by atoms with E-state index in [0.717, 1.165) is 42.8 Å². The van der Waals surface area contributed by atoms with Crippen molar-refractivity contribution in [1.29, 1.82) is 0 Å². The van der Waals surface area contributed by atoms with Crippen LogP contribution in [-0.2, 0) is 13.0 Å². The Morgan fingerprint density at radius 3 is 1.79 bits per heavy atom. The first-order chi connectivity index (χ1) is 18.6. The van der Waals surface area contributed by atoms with Crippen molar-refractivity contribution in [2.24, 2.45) is 0 Å². The summed E-state index contributed by atoms with van der Waals surface area (Å²) >= 11 is 0. The lowest BCUT2D eigenvalue weighted by Crippen LogP contribution is -3.00. The highest BCUT2D eigenvalue weighted by atomic mass is 127. The maximum atomic E-state index is 14.5. The third-order valence-electron chi connectivity index (χ3n) is 7.88. The van der Waals surface area contributed by atoms with Crippen LogP contribution in [0.2, 0.25) is 0 Å². The summed E-state index contributed by atoms with van der Waals surface area (Å²) in [7, 11) is 3.30. The van der Waals surface area contributed by atoms with E-state index in [1.165, 1.54) is 101 Å². The highest BCUT2D eigenvalue weighted by Crippen LogP contribution is 2.33. The van der Waals surface area contributed by atoms with E-state index in [1.54, 1.807) is 14.2 Å². The summed E-state index contributed by atoms with van der Waals surface area (Å²) in [5, 5.41) is 0. The van der Waals surface area contributed by atoms with E-state index in [2.05, 4.69) is 17.6 Å². The zero-order chi connectivity index (χ0) is 27.2. The topological polar surface area (TPSA) is 21.5 Å². The molecule has 39 heavy (non-hydrogen) atoms. The number of hydrogen-bond acceptors (Lipinski definition) is 2. The Morgan fingerprint density at radius 2 is 1.26 bits per heavy atom. The lowest BCUT2D eigenvalue weighted by atomic mass is 9.92. The molecular formula is C33H48F2INO2. The van der Waals surface area contributed by atoms with Gasteiger partial charge in [0.25, 0.3) is 0 Å². The normalized spacial score (nSPS) is 12.7. The third-order valence-corrected chi connectivity index (χ3v) is 7.88. The predicted octanol–water partition coefficient (Wildman–Crippen LogP) is 6.03. The molecule has 2 aromatic carbocycles. The van der Waals surface area contributed by atoms with Crippen molar-refractivity contribution < 1.29 is 46.8 Å². The summed E-state index contributed by atoms with van der Waals surface area (Å²) in [5.74, 6) is 0.444. The molecule has 0 aliphatic carbocycles. The Morgan fingerprint density at radius 1 is 0.744 bits per heavy atom. The molecule has 1 heterocycles. The van der Waals surface area contributed by atoms with E-state index in [1.807, 2.05) is 6.07 Å². The second-order valence-electron chi connectivity index (χ2n) is 10.7. The molecule has 0 bridgehead atoms. The van der Waals surface area contributed by atoms with E-state index >= 15 is 0 Å². The Bertz CT molecular complexity index is 1020. The lowest BCUT2D eigenvalue weighted by molar-refractivity contribution is -0.546. The molecule has 218 valence electrons. The number of methoxy groups -OCH3 is 2. The van der Waals surface area contributed by atoms with Gasteiger partial charge in [-0.25, -0.2) is 13.4 Å². The van der Waals surface area contributed by atoms with Crippen LogP contribution in [-0.4, -0.2) is 31.1 Å². The van der Waals surface area contributed by atoms with Gasteiger partial charge in [-0.1, -0.05) is 90.0 Å². The quantitative estimate of drug-likeness (QED) is 0.111. The maximum absolute atomic E-state index is 14.5. The van der Waals surface area contributed by atoms with Crippen molar-refractivity contribution in [3.63, 3.8) is 0 Å². The molecule has 0 N–H and O–H groups in total. The van der Waals surface area contributed by atoms with Crippen LogP contribution < -0.4 is 33.5 Å². The van der Waals surface area contributed by atoms with Crippen molar-refractivity contribution >= 4 is 5.71 Å². The largest absolute Gasteiger partial charge is 1.00 e. The molecule has 3 nitrogen and oxygen atoms in total. The fourth-order valence-electron chi connectivity index (χ4n) is 5.61. The van der Waals surface area contributed by atoms with Crippen molar-refractivity contribution in [1.82, 2.24) is 0 Å². The lowest BCUT2D eigenvalue weighted by Gasteiger charge is -2.21. The van der Waals surface area contributed by atoms with Gasteiger partial charge in [0.15, 0.2) is 23.8 Å². The van der Waals surface area contributed by atoms with Crippen LogP contribution >= 0.6 is 0 Å². The fourth-order valence-corrected chi connectivity index (χ4v) is 5.61. The minimum atomic E-state index is -0.483. The minimum absolute atomic E-state index is 0. The molecule has 0 amide bonds. The molecule has 2 aromatic rings. The summed E-state index contributed by atoms with van der Waals surface area (Å²) in [5.41, 5.74) is 3.61. The van der Waals surface area contributed by atoms with Gasteiger partial charge in [-0.15, -0.1) is 0 Å². The van der Waals surface area contributed by atoms with Gasteiger partial charge in [0.2, 0.25) is 0 Å². The van der Waals surface area contributed by atoms with Crippen molar-refractivity contribution in [2.45, 2.75) is 110 Å². The Labute approximate surface area is 252 Å². The van der Waals surface area contributed by atoms with Crippen LogP contribution in [0.4, 0.5) is 8.78 Å². The van der Waals surface area contributed by atoms with Gasteiger partial charge in [0.1, 0.15) is 18.2 Å². The van der Waals surface area contributed by atoms with Gasteiger partial charge in [-0.05, 0) is 36.2 Å². The molecule has 0 saturated carbocycles. The van der Waals surface area contributed by atoms with Gasteiger partial charge in [0, 0.05) is 18.4 Å². The van der Waals surface area contributed by atoms with Crippen molar-refractivity contribution in [2.75, 3.05) is 20.8 Å². The summed E-state index contributed by atoms with van der Waals surface area (Å²) in [6.45, 7) is 3.23. The number of unbranched alkanes of at least 4 members (excludes halogenated alkanes) is 12. The second-order valence-corrected chi connectivity index (χ2v) is 10.7. The van der Waals surface area contributed by atoms with Gasteiger partial charge in [0.05, 0.1) is 19.8 Å². The molecule has 1 aliphatic rings. The molecule has 0 radical (unpaired) electrons. The smallest absolute Gasteiger partial charge is 0.184 e. The van der Waals surface area contributed by atoms with Crippen molar-refractivity contribution in [3.8, 4) is 11.5 Å². The van der Waals surface area contributed by atoms with E-state index in [-0.39, 0.29) is 36.1 Å². The number of benzene rings is 2. The molecule has 0 fully saturated rings. The highest BCUT2D eigenvalue weighted by Gasteiger charge is 2.29. The second kappa shape index (κ2) is 18.6. The average Bonchev–Trinajstić information content (AvgIpc) is 2.93. The number of ether oxygens (including phenoxy) is 2. The van der Waals surface area contributed by atoms with Crippen LogP contribution in [0.15, 0.2) is 30.3 Å². The Balaban J connectivity index is 0.00000533. The molecule has 3 rings (SSSR count). The zero-order valence-electron chi connectivity index (χ0n) is 24.3. The molecule has 0 aromatic heterocycles. The summed E-state index contributed by atoms with van der Waals surface area (Å²) < 4.78 is 42.3. The van der Waals surface area contributed by atoms with Crippen LogP contribution in [0.5, 0.6) is 11.5 Å². The fraction of sp³-hybridized carbons (Fsp3) is 0.606. The number of halogens is 3. The summed E-state index contributed by atoms with van der Waals surface area (Å²) in [4.78, 5) is 0. The molecule has 0 spiro atoms. The van der Waals surface area contributed by atoms with Crippen LogP contribution in [0, 0.1) is 11.6 Å². The first kappa shape index (κ1) is 33.5. The van der Waals surface area contributed by atoms with Crippen molar-refractivity contribution in [3.05, 3.63) is 58.7 Å². The van der Waals surface area contributed by atoms with E-state index < -0.39 is 11.6 Å². The Kier molecular flexibility index (Phi) is 16.0. The molecule has 0 saturated heterocycles. The molecule has 0 atom stereocenters. The minimum Gasteiger partial charge on any atom is -1.00 e. The van der Waals surface area contributed by atoms with E-state index in [4.69, 9.17) is 9.47 Å². The van der Waals surface area contributed by atoms with Gasteiger partial charge < -0.3 is 33.5 Å². The third kappa shape index (κ3) is 10.3. The maximum Gasteiger partial charge on any atom is 0.184 e. The first-order valence-electron chi connectivity index (χ1n) is 14.9. The van der Waals surface area contributed by atoms with Gasteiger partial charge in [-0.2, -0.15) is 0 Å². The van der Waals surface area contributed by atoms with E-state index in [0.29, 0.717) is 5.75 Å². The monoisotopic (exact) mass is 655 g/mol. The zero-order valence-corrected chi connectivity index (χ0v) is 26.5. The summed E-state index contributed by atoms with van der Waals surface area (Å²) in [6.07, 6.45) is 18.8. The average molecular weight is 656 g/mol. The number of fused-ring (bicyclic) bond motifs is 1. The first-order valence-corrected chi connectivity index (χ1v) is 14.9. The van der Waals surface area contributed by atoms with Crippen LogP contribution in [0.1, 0.15) is 114 Å². The predicted molar refractivity (Wildman–Crippen MR) is 153 cm³/mol. The summed E-state index contributed by atoms with van der Waals surface area (Å²) in [6, 6.07) is 8.20. The van der Waals surface area contributed by atoms with Crippen LogP contribution in [0.3, 0.4) is 0 Å². The molecular weight excluding hydrogens is 607 g/mol. The van der Waals surface area contributed by atoms with E-state index in [9.17, 15) is 8.78 Å². The molecule has 6 heteroatoms. The highest BCUT2D eigenvalue weighted by molar-refractivity contribution is 5.99. The number of hydrogen-bond donors (Lipinski definition) is 0. The number of nitrogens with zero attached hydrogens (tertiary/aromatic N) is 1. The SMILES string of the molecule is CCCCCCCCCCCCCCCC1=[N+](Cc2c(F)cccc2F)CCc2cc(OC)c(OC)cc21.[I-]. The molecule has 1 aliphatic heterocycles. The number of rotatable bonds is 18. The van der Waals surface area contributed by atoms with Crippen LogP contribution in [0.25, 0.3) is 0 Å². The molecule has 0 unspecified atom stereocenters. The Hall–Kier alpha value is -1.70. The van der Waals surface area contributed by atoms with Gasteiger partial charge >= 0.3 is 0 Å². The standard InChI is InChI=1S/C33H48F2NO2.HI/c1-4-5-6-7-8-9-10-11-12-13-14-15-16-20-31-27-24-33(38-3)32(37-2)23-26(27)21-22-36(31)25-28-29(34)18-17-19-30(28)35;/h17-19,23-24H,4-16,20-22,25H2,1-3H3;1H/q+1;/p-1.